The van der Waals surface area contributed by atoms with Crippen molar-refractivity contribution in [3.63, 3.8) is 0 Å². The van der Waals surface area contributed by atoms with Crippen molar-refractivity contribution < 1.29 is 13.2 Å². The van der Waals surface area contributed by atoms with Crippen molar-refractivity contribution in [2.45, 2.75) is 4.90 Å². The Morgan fingerprint density at radius 1 is 1.42 bits per heavy atom. The van der Waals surface area contributed by atoms with E-state index in [-0.39, 0.29) is 10.8 Å². The van der Waals surface area contributed by atoms with E-state index >= 15 is 0 Å². The SMILES string of the molecule is Nc1ccc2c(c1)OCS2(=O)=O. The number of fused-ring (bicyclic) bond motifs is 1. The number of hydrogen-bond donors (Lipinski definition) is 1. The Kier molecular flexibility index (Phi) is 1.32. The molecule has 0 spiro atoms. The molecule has 1 aliphatic rings. The van der Waals surface area contributed by atoms with Crippen LogP contribution >= 0.6 is 0 Å². The molecule has 2 rings (SSSR count). The summed E-state index contributed by atoms with van der Waals surface area (Å²) in [6.45, 7) is 0. The molecular formula is C7H7NO3S. The van der Waals surface area contributed by atoms with Gasteiger partial charge in [0.25, 0.3) is 0 Å². The highest BCUT2D eigenvalue weighted by Gasteiger charge is 2.27. The van der Waals surface area contributed by atoms with E-state index in [2.05, 4.69) is 0 Å². The summed E-state index contributed by atoms with van der Waals surface area (Å²) >= 11 is 0. The van der Waals surface area contributed by atoms with Crippen LogP contribution in [0.4, 0.5) is 5.69 Å². The molecule has 0 unspecified atom stereocenters. The first-order chi connectivity index (χ1) is 5.59. The molecule has 0 aliphatic carbocycles. The molecule has 0 saturated carbocycles. The molecule has 12 heavy (non-hydrogen) atoms. The molecule has 0 fully saturated rings. The van der Waals surface area contributed by atoms with Gasteiger partial charge < -0.3 is 10.5 Å². The average Bonchev–Trinajstić information content (AvgIpc) is 2.27. The molecule has 0 amide bonds. The highest BCUT2D eigenvalue weighted by atomic mass is 32.2. The highest BCUT2D eigenvalue weighted by Crippen LogP contribution is 2.32. The molecule has 0 bridgehead atoms. The van der Waals surface area contributed by atoms with Gasteiger partial charge in [-0.3, -0.25) is 0 Å². The van der Waals surface area contributed by atoms with Gasteiger partial charge in [0.05, 0.1) is 0 Å². The van der Waals surface area contributed by atoms with Gasteiger partial charge in [0.15, 0.2) is 5.94 Å². The lowest BCUT2D eigenvalue weighted by Gasteiger charge is -1.96. The first kappa shape index (κ1) is 7.42. The van der Waals surface area contributed by atoms with Crippen molar-refractivity contribution in [3.8, 4) is 5.75 Å². The lowest BCUT2D eigenvalue weighted by Crippen LogP contribution is -2.01. The van der Waals surface area contributed by atoms with Gasteiger partial charge in [-0.1, -0.05) is 0 Å². The molecule has 0 atom stereocenters. The van der Waals surface area contributed by atoms with Crippen molar-refractivity contribution in [1.29, 1.82) is 0 Å². The molecule has 1 aromatic carbocycles. The summed E-state index contributed by atoms with van der Waals surface area (Å²) in [5.74, 6) is 0.0844. The fourth-order valence-electron chi connectivity index (χ4n) is 1.10. The van der Waals surface area contributed by atoms with E-state index in [1.165, 1.54) is 12.1 Å². The van der Waals surface area contributed by atoms with Crippen molar-refractivity contribution in [3.05, 3.63) is 18.2 Å². The minimum Gasteiger partial charge on any atom is -0.476 e. The van der Waals surface area contributed by atoms with Crippen LogP contribution in [-0.4, -0.2) is 14.4 Å². The molecule has 1 aromatic rings. The van der Waals surface area contributed by atoms with Gasteiger partial charge in [0.2, 0.25) is 9.84 Å². The van der Waals surface area contributed by atoms with Gasteiger partial charge in [0, 0.05) is 11.8 Å². The van der Waals surface area contributed by atoms with Gasteiger partial charge in [0.1, 0.15) is 10.6 Å². The lowest BCUT2D eigenvalue weighted by atomic mass is 10.3. The van der Waals surface area contributed by atoms with Crippen LogP contribution in [0.5, 0.6) is 5.75 Å². The van der Waals surface area contributed by atoms with Gasteiger partial charge in [-0.15, -0.1) is 0 Å². The Balaban J connectivity index is 2.71. The van der Waals surface area contributed by atoms with Crippen molar-refractivity contribution in [1.82, 2.24) is 0 Å². The van der Waals surface area contributed by atoms with Gasteiger partial charge in [-0.25, -0.2) is 8.42 Å². The number of nitrogens with two attached hydrogens (primary N) is 1. The lowest BCUT2D eigenvalue weighted by molar-refractivity contribution is 0.390. The number of sulfone groups is 1. The molecule has 1 aliphatic heterocycles. The largest absolute Gasteiger partial charge is 0.476 e. The summed E-state index contributed by atoms with van der Waals surface area (Å²) in [6, 6.07) is 4.53. The zero-order valence-corrected chi connectivity index (χ0v) is 6.97. The first-order valence-corrected chi connectivity index (χ1v) is 5.00. The molecular weight excluding hydrogens is 178 g/mol. The number of rotatable bonds is 0. The molecule has 0 radical (unpaired) electrons. The summed E-state index contributed by atoms with van der Waals surface area (Å²) in [4.78, 5) is 0.233. The number of nitrogen functional groups attached to an aromatic ring is 1. The van der Waals surface area contributed by atoms with Crippen LogP contribution < -0.4 is 10.5 Å². The second-order valence-electron chi connectivity index (χ2n) is 2.58. The van der Waals surface area contributed by atoms with Crippen molar-refractivity contribution >= 4 is 15.5 Å². The summed E-state index contributed by atoms with van der Waals surface area (Å²) in [5, 5.41) is 0. The second-order valence-corrected chi connectivity index (χ2v) is 4.49. The van der Waals surface area contributed by atoms with Gasteiger partial charge in [-0.2, -0.15) is 0 Å². The second kappa shape index (κ2) is 2.13. The average molecular weight is 185 g/mol. The fraction of sp³-hybridized carbons (Fsp3) is 0.143. The van der Waals surface area contributed by atoms with E-state index < -0.39 is 9.84 Å². The van der Waals surface area contributed by atoms with Crippen LogP contribution in [0.3, 0.4) is 0 Å². The highest BCUT2D eigenvalue weighted by molar-refractivity contribution is 7.91. The van der Waals surface area contributed by atoms with E-state index in [0.717, 1.165) is 0 Å². The number of anilines is 1. The predicted molar refractivity (Wildman–Crippen MR) is 43.5 cm³/mol. The number of benzene rings is 1. The third-order valence-electron chi connectivity index (χ3n) is 1.67. The molecule has 4 nitrogen and oxygen atoms in total. The maximum absolute atomic E-state index is 11.2. The third kappa shape index (κ3) is 0.937. The van der Waals surface area contributed by atoms with E-state index in [0.29, 0.717) is 11.4 Å². The number of ether oxygens (including phenoxy) is 1. The normalized spacial score (nSPS) is 18.3. The summed E-state index contributed by atoms with van der Waals surface area (Å²) in [7, 11) is -3.20. The standard InChI is InChI=1S/C7H7NO3S/c8-5-1-2-7-6(3-5)11-4-12(7,9)10/h1-3H,4,8H2. The Hall–Kier alpha value is -1.23. The summed E-state index contributed by atoms with van der Waals surface area (Å²) in [5.41, 5.74) is 5.95. The number of hydrogen-bond acceptors (Lipinski definition) is 4. The fourth-order valence-corrected chi connectivity index (χ4v) is 2.21. The van der Waals surface area contributed by atoms with Crippen LogP contribution in [-0.2, 0) is 9.84 Å². The quantitative estimate of drug-likeness (QED) is 0.594. The monoisotopic (exact) mass is 185 g/mol. The maximum Gasteiger partial charge on any atom is 0.216 e. The topological polar surface area (TPSA) is 69.4 Å². The molecule has 5 heteroatoms. The molecule has 2 N–H and O–H groups in total. The Bertz CT molecular complexity index is 424. The first-order valence-electron chi connectivity index (χ1n) is 3.35. The van der Waals surface area contributed by atoms with E-state index in [4.69, 9.17) is 10.5 Å². The van der Waals surface area contributed by atoms with Crippen LogP contribution in [0.2, 0.25) is 0 Å². The van der Waals surface area contributed by atoms with Gasteiger partial charge in [-0.05, 0) is 12.1 Å². The minimum absolute atomic E-state index is 0.233. The Morgan fingerprint density at radius 3 is 2.92 bits per heavy atom. The van der Waals surface area contributed by atoms with Crippen LogP contribution in [0.1, 0.15) is 0 Å². The smallest absolute Gasteiger partial charge is 0.216 e. The van der Waals surface area contributed by atoms with Gasteiger partial charge >= 0.3 is 0 Å². The molecule has 0 saturated heterocycles. The maximum atomic E-state index is 11.2. The Labute approximate surface area is 69.9 Å². The van der Waals surface area contributed by atoms with Crippen molar-refractivity contribution in [2.75, 3.05) is 11.7 Å². The van der Waals surface area contributed by atoms with Crippen molar-refractivity contribution in [2.24, 2.45) is 0 Å². The van der Waals surface area contributed by atoms with Crippen LogP contribution in [0.25, 0.3) is 0 Å². The zero-order valence-electron chi connectivity index (χ0n) is 6.15. The van der Waals surface area contributed by atoms with E-state index in [1.807, 2.05) is 0 Å². The molecule has 0 aromatic heterocycles. The minimum atomic E-state index is -3.20. The third-order valence-corrected chi connectivity index (χ3v) is 3.11. The zero-order chi connectivity index (χ0) is 8.77. The predicted octanol–water partition coefficient (Wildman–Crippen LogP) is 0.392. The summed E-state index contributed by atoms with van der Waals surface area (Å²) < 4.78 is 27.3. The van der Waals surface area contributed by atoms with E-state index in [1.54, 1.807) is 6.07 Å². The Morgan fingerprint density at radius 2 is 2.17 bits per heavy atom. The molecule has 1 heterocycles. The van der Waals surface area contributed by atoms with E-state index in [9.17, 15) is 8.42 Å². The molecule has 64 valence electrons. The van der Waals surface area contributed by atoms with Crippen LogP contribution in [0, 0.1) is 0 Å². The summed E-state index contributed by atoms with van der Waals surface area (Å²) in [6.07, 6.45) is 0. The van der Waals surface area contributed by atoms with Crippen LogP contribution in [0.15, 0.2) is 23.1 Å².